The van der Waals surface area contributed by atoms with E-state index in [1.165, 1.54) is 26.8 Å². The lowest BCUT2D eigenvalue weighted by molar-refractivity contribution is 0.0742. The van der Waals surface area contributed by atoms with Gasteiger partial charge in [-0.1, -0.05) is 0 Å². The Labute approximate surface area is 94.8 Å². The van der Waals surface area contributed by atoms with Gasteiger partial charge in [-0.25, -0.2) is 12.8 Å². The van der Waals surface area contributed by atoms with Crippen LogP contribution in [-0.4, -0.2) is 19.8 Å². The van der Waals surface area contributed by atoms with E-state index in [-0.39, 0.29) is 10.5 Å². The highest BCUT2D eigenvalue weighted by atomic mass is 32.2. The Morgan fingerprint density at radius 3 is 2.19 bits per heavy atom. The van der Waals surface area contributed by atoms with Crippen LogP contribution < -0.4 is 0 Å². The highest BCUT2D eigenvalue weighted by molar-refractivity contribution is 7.90. The standard InChI is InChI=1S/C11H15FO3S/c1-7-5-9(12)8(11(2,3)13)6-10(7)16(4,14)15/h5-6,13H,1-4H3. The summed E-state index contributed by atoms with van der Waals surface area (Å²) < 4.78 is 36.4. The summed E-state index contributed by atoms with van der Waals surface area (Å²) >= 11 is 0. The lowest BCUT2D eigenvalue weighted by Gasteiger charge is -2.20. The van der Waals surface area contributed by atoms with Gasteiger partial charge in [0, 0.05) is 11.8 Å². The number of halogens is 1. The predicted molar refractivity (Wildman–Crippen MR) is 59.5 cm³/mol. The van der Waals surface area contributed by atoms with Crippen molar-refractivity contribution in [3.63, 3.8) is 0 Å². The second-order valence-corrected chi connectivity index (χ2v) is 6.41. The van der Waals surface area contributed by atoms with Gasteiger partial charge in [-0.05, 0) is 38.5 Å². The van der Waals surface area contributed by atoms with Gasteiger partial charge in [0.25, 0.3) is 0 Å². The maximum atomic E-state index is 13.6. The Morgan fingerprint density at radius 2 is 1.81 bits per heavy atom. The number of rotatable bonds is 2. The van der Waals surface area contributed by atoms with Crippen molar-refractivity contribution in [1.29, 1.82) is 0 Å². The van der Waals surface area contributed by atoms with Gasteiger partial charge in [0.2, 0.25) is 0 Å². The van der Waals surface area contributed by atoms with E-state index < -0.39 is 21.3 Å². The molecule has 90 valence electrons. The molecular formula is C11H15FO3S. The molecular weight excluding hydrogens is 231 g/mol. The molecule has 0 heterocycles. The Balaban J connectivity index is 3.58. The first-order valence-electron chi connectivity index (χ1n) is 4.76. The van der Waals surface area contributed by atoms with Crippen LogP contribution in [0.5, 0.6) is 0 Å². The van der Waals surface area contributed by atoms with Crippen LogP contribution in [0.15, 0.2) is 17.0 Å². The highest BCUT2D eigenvalue weighted by Crippen LogP contribution is 2.27. The van der Waals surface area contributed by atoms with Crippen molar-refractivity contribution in [2.45, 2.75) is 31.3 Å². The smallest absolute Gasteiger partial charge is 0.175 e. The monoisotopic (exact) mass is 246 g/mol. The zero-order valence-corrected chi connectivity index (χ0v) is 10.5. The maximum absolute atomic E-state index is 13.6. The van der Waals surface area contributed by atoms with E-state index in [2.05, 4.69) is 0 Å². The van der Waals surface area contributed by atoms with Crippen molar-refractivity contribution in [3.05, 3.63) is 29.1 Å². The van der Waals surface area contributed by atoms with E-state index in [1.807, 2.05) is 0 Å². The van der Waals surface area contributed by atoms with Crippen LogP contribution in [0.25, 0.3) is 0 Å². The summed E-state index contributed by atoms with van der Waals surface area (Å²) in [5.41, 5.74) is -1.08. The molecule has 0 saturated carbocycles. The number of hydrogen-bond acceptors (Lipinski definition) is 3. The minimum atomic E-state index is -3.41. The summed E-state index contributed by atoms with van der Waals surface area (Å²) in [5.74, 6) is -0.600. The van der Waals surface area contributed by atoms with Gasteiger partial charge in [-0.3, -0.25) is 0 Å². The SMILES string of the molecule is Cc1cc(F)c(C(C)(C)O)cc1S(C)(=O)=O. The molecule has 1 aromatic rings. The number of aryl methyl sites for hydroxylation is 1. The molecule has 0 atom stereocenters. The fourth-order valence-electron chi connectivity index (χ4n) is 1.52. The zero-order valence-electron chi connectivity index (χ0n) is 9.70. The number of benzene rings is 1. The number of aliphatic hydroxyl groups is 1. The number of sulfone groups is 1. The zero-order chi connectivity index (χ0) is 12.7. The molecule has 0 fully saturated rings. The van der Waals surface area contributed by atoms with Crippen LogP contribution in [0.1, 0.15) is 25.0 Å². The van der Waals surface area contributed by atoms with Crippen LogP contribution in [0.4, 0.5) is 4.39 Å². The van der Waals surface area contributed by atoms with Crippen molar-refractivity contribution in [2.75, 3.05) is 6.26 Å². The second kappa shape index (κ2) is 3.82. The highest BCUT2D eigenvalue weighted by Gasteiger charge is 2.24. The molecule has 0 aliphatic rings. The molecule has 0 radical (unpaired) electrons. The first-order chi connectivity index (χ1) is 7.03. The van der Waals surface area contributed by atoms with Crippen LogP contribution in [-0.2, 0) is 15.4 Å². The largest absolute Gasteiger partial charge is 0.386 e. The molecule has 1 aromatic carbocycles. The molecule has 16 heavy (non-hydrogen) atoms. The molecule has 0 unspecified atom stereocenters. The first kappa shape index (κ1) is 13.1. The van der Waals surface area contributed by atoms with Crippen LogP contribution in [0.2, 0.25) is 0 Å². The van der Waals surface area contributed by atoms with Gasteiger partial charge in [-0.2, -0.15) is 0 Å². The van der Waals surface area contributed by atoms with Crippen molar-refractivity contribution < 1.29 is 17.9 Å². The second-order valence-electron chi connectivity index (χ2n) is 4.43. The quantitative estimate of drug-likeness (QED) is 0.809. The first-order valence-corrected chi connectivity index (χ1v) is 6.65. The Hall–Kier alpha value is -0.940. The predicted octanol–water partition coefficient (Wildman–Crippen LogP) is 1.77. The molecule has 0 spiro atoms. The summed E-state index contributed by atoms with van der Waals surface area (Å²) in [4.78, 5) is 0.0472. The Morgan fingerprint density at radius 1 is 1.31 bits per heavy atom. The molecule has 0 amide bonds. The molecule has 1 rings (SSSR count). The third-order valence-corrected chi connectivity index (χ3v) is 3.56. The lowest BCUT2D eigenvalue weighted by Crippen LogP contribution is -2.19. The van der Waals surface area contributed by atoms with E-state index in [1.54, 1.807) is 0 Å². The molecule has 0 aliphatic carbocycles. The van der Waals surface area contributed by atoms with Gasteiger partial charge in [-0.15, -0.1) is 0 Å². The summed E-state index contributed by atoms with van der Waals surface area (Å²) in [6.45, 7) is 4.34. The van der Waals surface area contributed by atoms with E-state index >= 15 is 0 Å². The Kier molecular flexibility index (Phi) is 3.13. The van der Waals surface area contributed by atoms with Crippen molar-refractivity contribution in [2.24, 2.45) is 0 Å². The summed E-state index contributed by atoms with van der Waals surface area (Å²) in [7, 11) is -3.41. The van der Waals surface area contributed by atoms with Crippen LogP contribution >= 0.6 is 0 Å². The molecule has 0 aliphatic heterocycles. The molecule has 0 aromatic heterocycles. The molecule has 1 N–H and O–H groups in total. The summed E-state index contributed by atoms with van der Waals surface area (Å²) in [5, 5.41) is 9.72. The van der Waals surface area contributed by atoms with Crippen LogP contribution in [0.3, 0.4) is 0 Å². The van der Waals surface area contributed by atoms with Gasteiger partial charge in [0.1, 0.15) is 5.82 Å². The van der Waals surface area contributed by atoms with Gasteiger partial charge >= 0.3 is 0 Å². The van der Waals surface area contributed by atoms with Crippen molar-refractivity contribution >= 4 is 9.84 Å². The molecule has 3 nitrogen and oxygen atoms in total. The summed E-state index contributed by atoms with van der Waals surface area (Å²) in [6, 6.07) is 2.32. The normalized spacial score (nSPS) is 12.9. The maximum Gasteiger partial charge on any atom is 0.175 e. The van der Waals surface area contributed by atoms with E-state index in [0.29, 0.717) is 5.56 Å². The minimum absolute atomic E-state index is 0.0153. The summed E-state index contributed by atoms with van der Waals surface area (Å²) in [6.07, 6.45) is 1.06. The van der Waals surface area contributed by atoms with Crippen molar-refractivity contribution in [1.82, 2.24) is 0 Å². The topological polar surface area (TPSA) is 54.4 Å². The van der Waals surface area contributed by atoms with E-state index in [9.17, 15) is 17.9 Å². The average Bonchev–Trinajstić information content (AvgIpc) is 1.97. The molecule has 5 heteroatoms. The lowest BCUT2D eigenvalue weighted by atomic mass is 9.97. The van der Waals surface area contributed by atoms with Gasteiger partial charge in [0.05, 0.1) is 10.5 Å². The third-order valence-electron chi connectivity index (χ3n) is 2.32. The van der Waals surface area contributed by atoms with E-state index in [4.69, 9.17) is 0 Å². The fraction of sp³-hybridized carbons (Fsp3) is 0.455. The molecule has 0 saturated heterocycles. The minimum Gasteiger partial charge on any atom is -0.386 e. The van der Waals surface area contributed by atoms with Crippen molar-refractivity contribution in [3.8, 4) is 0 Å². The fourth-order valence-corrected chi connectivity index (χ4v) is 2.50. The van der Waals surface area contributed by atoms with Crippen LogP contribution in [0, 0.1) is 12.7 Å². The van der Waals surface area contributed by atoms with Gasteiger partial charge < -0.3 is 5.11 Å². The average molecular weight is 246 g/mol. The van der Waals surface area contributed by atoms with Gasteiger partial charge in [0.15, 0.2) is 9.84 Å². The van der Waals surface area contributed by atoms with E-state index in [0.717, 1.165) is 12.3 Å². The third kappa shape index (κ3) is 2.59. The Bertz CT molecular complexity index is 513. The molecule has 0 bridgehead atoms. The number of hydrogen-bond donors (Lipinski definition) is 1.